The van der Waals surface area contributed by atoms with E-state index in [2.05, 4.69) is 5.32 Å². The van der Waals surface area contributed by atoms with Crippen LogP contribution in [0.4, 0.5) is 10.1 Å². The van der Waals surface area contributed by atoms with Crippen molar-refractivity contribution < 1.29 is 9.18 Å². The van der Waals surface area contributed by atoms with Crippen LogP contribution >= 0.6 is 11.6 Å². The topological polar surface area (TPSA) is 29.1 Å². The first kappa shape index (κ1) is 13.1. The zero-order valence-electron chi connectivity index (χ0n) is 10.9. The molecule has 2 aromatic carbocycles. The van der Waals surface area contributed by atoms with Crippen molar-refractivity contribution in [1.29, 1.82) is 0 Å². The highest BCUT2D eigenvalue weighted by Crippen LogP contribution is 2.34. The molecule has 0 saturated heterocycles. The summed E-state index contributed by atoms with van der Waals surface area (Å²) in [5, 5.41) is 2.21. The van der Waals surface area contributed by atoms with Crippen molar-refractivity contribution in [2.45, 2.75) is 18.7 Å². The Balaban J connectivity index is 1.97. The van der Waals surface area contributed by atoms with Crippen LogP contribution in [0, 0.1) is 12.7 Å². The van der Waals surface area contributed by atoms with E-state index in [-0.39, 0.29) is 11.7 Å². The van der Waals surface area contributed by atoms with E-state index in [0.29, 0.717) is 12.0 Å². The van der Waals surface area contributed by atoms with E-state index in [0.717, 1.165) is 22.4 Å². The first-order chi connectivity index (χ1) is 9.54. The molecule has 0 radical (unpaired) electrons. The summed E-state index contributed by atoms with van der Waals surface area (Å²) in [7, 11) is 0. The quantitative estimate of drug-likeness (QED) is 0.833. The average Bonchev–Trinajstić information content (AvgIpc) is 2.77. The van der Waals surface area contributed by atoms with Crippen LogP contribution < -0.4 is 5.32 Å². The smallest absolute Gasteiger partial charge is 0.228 e. The molecule has 2 aromatic rings. The molecule has 20 heavy (non-hydrogen) atoms. The number of halogens is 2. The minimum atomic E-state index is -0.559. The Labute approximate surface area is 121 Å². The maximum Gasteiger partial charge on any atom is 0.228 e. The number of fused-ring (bicyclic) bond motifs is 1. The number of anilines is 1. The maximum atomic E-state index is 14.0. The predicted octanol–water partition coefficient (Wildman–Crippen LogP) is 3.96. The van der Waals surface area contributed by atoms with Crippen LogP contribution in [0.5, 0.6) is 0 Å². The molecule has 1 N–H and O–H groups in total. The van der Waals surface area contributed by atoms with Crippen LogP contribution in [0.25, 0.3) is 0 Å². The van der Waals surface area contributed by atoms with Gasteiger partial charge in [0, 0.05) is 11.3 Å². The highest BCUT2D eigenvalue weighted by atomic mass is 35.5. The van der Waals surface area contributed by atoms with E-state index >= 15 is 0 Å². The molecule has 3 rings (SSSR count). The van der Waals surface area contributed by atoms with Gasteiger partial charge in [-0.3, -0.25) is 4.79 Å². The number of rotatable bonds is 2. The summed E-state index contributed by atoms with van der Waals surface area (Å²) in [5.74, 6) is -0.329. The Hall–Kier alpha value is -1.87. The molecule has 0 aromatic heterocycles. The SMILES string of the molecule is Cc1ccc(C(Cl)c2ccc3c(c2)CC(=O)N3)c(F)c1. The molecule has 1 atom stereocenters. The minimum Gasteiger partial charge on any atom is -0.326 e. The second-order valence-corrected chi connectivity index (χ2v) is 5.47. The highest BCUT2D eigenvalue weighted by Gasteiger charge is 2.21. The number of hydrogen-bond donors (Lipinski definition) is 1. The number of carbonyl (C=O) groups excluding carboxylic acids is 1. The van der Waals surface area contributed by atoms with E-state index in [4.69, 9.17) is 11.6 Å². The fraction of sp³-hybridized carbons (Fsp3) is 0.188. The Morgan fingerprint density at radius 3 is 2.80 bits per heavy atom. The second-order valence-electron chi connectivity index (χ2n) is 5.03. The van der Waals surface area contributed by atoms with E-state index < -0.39 is 5.38 Å². The molecule has 1 amide bonds. The molecule has 4 heteroatoms. The number of nitrogens with one attached hydrogen (secondary N) is 1. The van der Waals surface area contributed by atoms with Crippen molar-refractivity contribution in [3.05, 3.63) is 64.5 Å². The molecule has 1 aliphatic heterocycles. The third-order valence-corrected chi connectivity index (χ3v) is 3.96. The van der Waals surface area contributed by atoms with Crippen molar-refractivity contribution >= 4 is 23.2 Å². The Morgan fingerprint density at radius 1 is 1.25 bits per heavy atom. The molecule has 0 bridgehead atoms. The Bertz CT molecular complexity index is 699. The summed E-state index contributed by atoms with van der Waals surface area (Å²) in [4.78, 5) is 11.3. The van der Waals surface area contributed by atoms with Crippen LogP contribution in [0.3, 0.4) is 0 Å². The molecule has 2 nitrogen and oxygen atoms in total. The van der Waals surface area contributed by atoms with Crippen molar-refractivity contribution in [2.75, 3.05) is 5.32 Å². The highest BCUT2D eigenvalue weighted by molar-refractivity contribution is 6.22. The molecular weight excluding hydrogens is 277 g/mol. The molecule has 1 heterocycles. The molecule has 1 aliphatic rings. The van der Waals surface area contributed by atoms with Crippen LogP contribution in [-0.2, 0) is 11.2 Å². The lowest BCUT2D eigenvalue weighted by Gasteiger charge is -2.13. The summed E-state index contributed by atoms with van der Waals surface area (Å²) < 4.78 is 14.0. The lowest BCUT2D eigenvalue weighted by Crippen LogP contribution is -2.03. The molecule has 0 saturated carbocycles. The lowest BCUT2D eigenvalue weighted by atomic mass is 10.00. The van der Waals surface area contributed by atoms with Crippen LogP contribution in [-0.4, -0.2) is 5.91 Å². The van der Waals surface area contributed by atoms with Gasteiger partial charge in [-0.05, 0) is 35.7 Å². The summed E-state index contributed by atoms with van der Waals surface area (Å²) in [6.07, 6.45) is 0.350. The van der Waals surface area contributed by atoms with Crippen LogP contribution in [0.1, 0.15) is 27.6 Å². The average molecular weight is 290 g/mol. The van der Waals surface area contributed by atoms with Crippen LogP contribution in [0.2, 0.25) is 0 Å². The fourth-order valence-electron chi connectivity index (χ4n) is 2.42. The normalized spacial score (nSPS) is 14.8. The molecule has 1 unspecified atom stereocenters. The van der Waals surface area contributed by atoms with Crippen molar-refractivity contribution in [1.82, 2.24) is 0 Å². The minimum absolute atomic E-state index is 0.0233. The first-order valence-corrected chi connectivity index (χ1v) is 6.81. The number of aryl methyl sites for hydroxylation is 1. The van der Waals surface area contributed by atoms with Gasteiger partial charge in [-0.1, -0.05) is 24.3 Å². The van der Waals surface area contributed by atoms with E-state index in [1.54, 1.807) is 6.07 Å². The molecular formula is C16H13ClFNO. The van der Waals surface area contributed by atoms with Gasteiger partial charge in [-0.2, -0.15) is 0 Å². The third-order valence-electron chi connectivity index (χ3n) is 3.48. The van der Waals surface area contributed by atoms with E-state index in [9.17, 15) is 9.18 Å². The van der Waals surface area contributed by atoms with Crippen LogP contribution in [0.15, 0.2) is 36.4 Å². The van der Waals surface area contributed by atoms with E-state index in [1.165, 1.54) is 6.07 Å². The maximum absolute atomic E-state index is 14.0. The van der Waals surface area contributed by atoms with Gasteiger partial charge in [0.2, 0.25) is 5.91 Å². The summed E-state index contributed by atoms with van der Waals surface area (Å²) in [6, 6.07) is 10.5. The fourth-order valence-corrected chi connectivity index (χ4v) is 2.74. The first-order valence-electron chi connectivity index (χ1n) is 6.37. The van der Waals surface area contributed by atoms with Gasteiger partial charge in [0.15, 0.2) is 0 Å². The van der Waals surface area contributed by atoms with Gasteiger partial charge in [0.25, 0.3) is 0 Å². The Morgan fingerprint density at radius 2 is 2.05 bits per heavy atom. The third kappa shape index (κ3) is 2.29. The number of carbonyl (C=O) groups is 1. The summed E-state index contributed by atoms with van der Waals surface area (Å²) in [5.41, 5.74) is 3.83. The number of hydrogen-bond acceptors (Lipinski definition) is 1. The second kappa shape index (κ2) is 4.91. The number of alkyl halides is 1. The molecule has 0 spiro atoms. The Kier molecular flexibility index (Phi) is 3.22. The summed E-state index contributed by atoms with van der Waals surface area (Å²) in [6.45, 7) is 1.84. The zero-order valence-corrected chi connectivity index (χ0v) is 11.7. The van der Waals surface area contributed by atoms with Gasteiger partial charge in [0.1, 0.15) is 5.82 Å². The van der Waals surface area contributed by atoms with Crippen molar-refractivity contribution in [2.24, 2.45) is 0 Å². The molecule has 0 aliphatic carbocycles. The number of benzene rings is 2. The van der Waals surface area contributed by atoms with Gasteiger partial charge in [0.05, 0.1) is 11.8 Å². The standard InChI is InChI=1S/C16H13ClFNO/c1-9-2-4-12(13(18)6-9)16(17)10-3-5-14-11(7-10)8-15(20)19-14/h2-7,16H,8H2,1H3,(H,19,20). The van der Waals surface area contributed by atoms with Crippen molar-refractivity contribution in [3.8, 4) is 0 Å². The van der Waals surface area contributed by atoms with Crippen molar-refractivity contribution in [3.63, 3.8) is 0 Å². The number of amides is 1. The van der Waals surface area contributed by atoms with E-state index in [1.807, 2.05) is 31.2 Å². The summed E-state index contributed by atoms with van der Waals surface area (Å²) >= 11 is 6.38. The van der Waals surface area contributed by atoms with Gasteiger partial charge in [-0.25, -0.2) is 4.39 Å². The lowest BCUT2D eigenvalue weighted by molar-refractivity contribution is -0.115. The van der Waals surface area contributed by atoms with Gasteiger partial charge < -0.3 is 5.32 Å². The molecule has 0 fully saturated rings. The van der Waals surface area contributed by atoms with Gasteiger partial charge in [-0.15, -0.1) is 11.6 Å². The zero-order chi connectivity index (χ0) is 14.3. The largest absolute Gasteiger partial charge is 0.326 e. The van der Waals surface area contributed by atoms with Gasteiger partial charge >= 0.3 is 0 Å². The molecule has 102 valence electrons. The predicted molar refractivity (Wildman–Crippen MR) is 77.6 cm³/mol. The monoisotopic (exact) mass is 289 g/mol.